The monoisotopic (exact) mass is 513 g/mol. The zero-order valence-corrected chi connectivity index (χ0v) is 21.1. The van der Waals surface area contributed by atoms with Gasteiger partial charge in [0, 0.05) is 18.1 Å². The van der Waals surface area contributed by atoms with Crippen LogP contribution in [0.25, 0.3) is 0 Å². The third kappa shape index (κ3) is 5.47. The van der Waals surface area contributed by atoms with Crippen molar-refractivity contribution in [3.63, 3.8) is 0 Å². The van der Waals surface area contributed by atoms with Crippen molar-refractivity contribution in [1.82, 2.24) is 0 Å². The molecule has 0 fully saturated rings. The van der Waals surface area contributed by atoms with Gasteiger partial charge in [-0.05, 0) is 84.6 Å². The van der Waals surface area contributed by atoms with E-state index < -0.39 is 17.9 Å². The average Bonchev–Trinajstić information content (AvgIpc) is 2.77. The van der Waals surface area contributed by atoms with Crippen LogP contribution in [0.2, 0.25) is 0 Å². The maximum atomic E-state index is 13.1. The molecular formula is C26H28BrNO5. The summed E-state index contributed by atoms with van der Waals surface area (Å²) >= 11 is 3.51. The van der Waals surface area contributed by atoms with Gasteiger partial charge in [0.15, 0.2) is 0 Å². The lowest BCUT2D eigenvalue weighted by Gasteiger charge is -2.31. The highest BCUT2D eigenvalue weighted by Crippen LogP contribution is 2.41. The van der Waals surface area contributed by atoms with Crippen molar-refractivity contribution in [2.24, 2.45) is 0 Å². The fraction of sp³-hybridized carbons (Fsp3) is 0.308. The molecule has 0 radical (unpaired) electrons. The molecule has 2 aromatic carbocycles. The summed E-state index contributed by atoms with van der Waals surface area (Å²) < 4.78 is 16.8. The fourth-order valence-corrected chi connectivity index (χ4v) is 4.45. The molecule has 6 nitrogen and oxygen atoms in total. The number of carbonyl (C=O) groups is 2. The van der Waals surface area contributed by atoms with Crippen LogP contribution in [0, 0.1) is 13.8 Å². The van der Waals surface area contributed by atoms with E-state index in [-0.39, 0.29) is 13.2 Å². The molecule has 3 rings (SSSR count). The number of anilines is 1. The predicted molar refractivity (Wildman–Crippen MR) is 131 cm³/mol. The Balaban J connectivity index is 2.21. The topological polar surface area (TPSA) is 65.1 Å². The second-order valence-corrected chi connectivity index (χ2v) is 8.54. The molecule has 0 aromatic heterocycles. The molecule has 33 heavy (non-hydrogen) atoms. The number of esters is 2. The van der Waals surface area contributed by atoms with Crippen LogP contribution >= 0.6 is 15.9 Å². The van der Waals surface area contributed by atoms with Crippen molar-refractivity contribution in [3.05, 3.63) is 81.1 Å². The minimum atomic E-state index is -0.660. The summed E-state index contributed by atoms with van der Waals surface area (Å²) in [4.78, 5) is 28.0. The summed E-state index contributed by atoms with van der Waals surface area (Å²) in [6, 6.07) is 11.5. The number of nitrogens with zero attached hydrogens (tertiary/aromatic N) is 1. The highest BCUT2D eigenvalue weighted by atomic mass is 79.9. The Kier molecular flexibility index (Phi) is 7.97. The summed E-state index contributed by atoms with van der Waals surface area (Å²) in [7, 11) is 1.58. The van der Waals surface area contributed by atoms with Gasteiger partial charge in [0.2, 0.25) is 0 Å². The molecule has 1 aliphatic heterocycles. The number of ether oxygens (including phenoxy) is 3. The second-order valence-electron chi connectivity index (χ2n) is 7.69. The van der Waals surface area contributed by atoms with Gasteiger partial charge in [-0.3, -0.25) is 0 Å². The summed E-state index contributed by atoms with van der Waals surface area (Å²) in [6.07, 6.45) is 3.47. The molecule has 1 heterocycles. The second kappa shape index (κ2) is 10.7. The molecular weight excluding hydrogens is 486 g/mol. The predicted octanol–water partition coefficient (Wildman–Crippen LogP) is 5.57. The first-order chi connectivity index (χ1) is 15.8. The van der Waals surface area contributed by atoms with Gasteiger partial charge < -0.3 is 19.1 Å². The van der Waals surface area contributed by atoms with Crippen molar-refractivity contribution in [3.8, 4) is 5.75 Å². The number of hydrogen-bond donors (Lipinski definition) is 0. The van der Waals surface area contributed by atoms with Gasteiger partial charge in [0.1, 0.15) is 5.75 Å². The van der Waals surface area contributed by atoms with Crippen LogP contribution in [0.15, 0.2) is 64.4 Å². The smallest absolute Gasteiger partial charge is 0.336 e. The zero-order valence-electron chi connectivity index (χ0n) is 19.5. The first-order valence-corrected chi connectivity index (χ1v) is 11.6. The number of hydrogen-bond acceptors (Lipinski definition) is 6. The van der Waals surface area contributed by atoms with E-state index >= 15 is 0 Å². The Labute approximate surface area is 203 Å². The molecule has 0 saturated carbocycles. The minimum Gasteiger partial charge on any atom is -0.496 e. The van der Waals surface area contributed by atoms with E-state index in [9.17, 15) is 9.59 Å². The van der Waals surface area contributed by atoms with E-state index in [2.05, 4.69) is 22.0 Å². The third-order valence-corrected chi connectivity index (χ3v) is 5.83. The summed E-state index contributed by atoms with van der Waals surface area (Å²) in [6.45, 7) is 7.96. The summed E-state index contributed by atoms with van der Waals surface area (Å²) in [5, 5.41) is 0. The standard InChI is InChI=1S/C26H28BrNO5/c1-6-32-25(29)20-14-28(19-11-16(3)10-17(4)12-19)15-21(26(30)33-7-2)24(20)18-8-9-23(31-5)22(27)13-18/h8-15,24H,6-7H2,1-5H3. The van der Waals surface area contributed by atoms with Crippen LogP contribution in [-0.4, -0.2) is 32.3 Å². The number of aryl methyl sites for hydroxylation is 2. The van der Waals surface area contributed by atoms with E-state index in [1.54, 1.807) is 44.3 Å². The Bertz CT molecular complexity index is 1070. The quantitative estimate of drug-likeness (QED) is 0.450. The molecule has 2 aromatic rings. The largest absolute Gasteiger partial charge is 0.496 e. The van der Waals surface area contributed by atoms with E-state index in [4.69, 9.17) is 14.2 Å². The molecule has 0 saturated heterocycles. The molecule has 7 heteroatoms. The normalized spacial score (nSPS) is 13.8. The number of halogens is 1. The van der Waals surface area contributed by atoms with Crippen molar-refractivity contribution in [1.29, 1.82) is 0 Å². The van der Waals surface area contributed by atoms with Gasteiger partial charge in [0.25, 0.3) is 0 Å². The van der Waals surface area contributed by atoms with E-state index in [1.807, 2.05) is 38.1 Å². The van der Waals surface area contributed by atoms with E-state index in [1.165, 1.54) is 0 Å². The third-order valence-electron chi connectivity index (χ3n) is 5.21. The van der Waals surface area contributed by atoms with Gasteiger partial charge in [-0.2, -0.15) is 0 Å². The average molecular weight is 514 g/mol. The number of benzene rings is 2. The van der Waals surface area contributed by atoms with Gasteiger partial charge in [-0.25, -0.2) is 9.59 Å². The first-order valence-electron chi connectivity index (χ1n) is 10.8. The molecule has 0 N–H and O–H groups in total. The number of carbonyl (C=O) groups excluding carboxylic acids is 2. The molecule has 0 unspecified atom stereocenters. The Morgan fingerprint density at radius 2 is 1.45 bits per heavy atom. The van der Waals surface area contributed by atoms with Gasteiger partial charge >= 0.3 is 11.9 Å². The Morgan fingerprint density at radius 1 is 0.909 bits per heavy atom. The zero-order chi connectivity index (χ0) is 24.1. The highest BCUT2D eigenvalue weighted by molar-refractivity contribution is 9.10. The van der Waals surface area contributed by atoms with Crippen LogP contribution in [0.5, 0.6) is 5.75 Å². The Morgan fingerprint density at radius 3 is 1.91 bits per heavy atom. The van der Waals surface area contributed by atoms with Crippen LogP contribution < -0.4 is 9.64 Å². The lowest BCUT2D eigenvalue weighted by Crippen LogP contribution is -2.29. The number of methoxy groups -OCH3 is 1. The highest BCUT2D eigenvalue weighted by Gasteiger charge is 2.36. The maximum absolute atomic E-state index is 13.1. The molecule has 0 spiro atoms. The van der Waals surface area contributed by atoms with Crippen LogP contribution in [0.4, 0.5) is 5.69 Å². The maximum Gasteiger partial charge on any atom is 0.336 e. The summed E-state index contributed by atoms with van der Waals surface area (Å²) in [5.74, 6) is -0.986. The molecule has 0 amide bonds. The van der Waals surface area contributed by atoms with Gasteiger partial charge in [-0.1, -0.05) is 12.1 Å². The SMILES string of the molecule is CCOC(=O)C1=CN(c2cc(C)cc(C)c2)C=C(C(=O)OCC)C1c1ccc(OC)c(Br)c1. The molecule has 0 aliphatic carbocycles. The molecule has 0 bridgehead atoms. The first kappa shape index (κ1) is 24.6. The van der Waals surface area contributed by atoms with E-state index in [0.717, 1.165) is 22.4 Å². The lowest BCUT2D eigenvalue weighted by molar-refractivity contribution is -0.139. The molecule has 1 aliphatic rings. The fourth-order valence-electron chi connectivity index (χ4n) is 3.89. The van der Waals surface area contributed by atoms with E-state index in [0.29, 0.717) is 21.4 Å². The van der Waals surface area contributed by atoms with Crippen molar-refractivity contribution >= 4 is 33.6 Å². The van der Waals surface area contributed by atoms with Crippen LogP contribution in [0.1, 0.15) is 36.5 Å². The molecule has 0 atom stereocenters. The van der Waals surface area contributed by atoms with Gasteiger partial charge in [0.05, 0.1) is 41.9 Å². The summed E-state index contributed by atoms with van der Waals surface area (Å²) in [5.41, 5.74) is 4.41. The van der Waals surface area contributed by atoms with Crippen LogP contribution in [0.3, 0.4) is 0 Å². The van der Waals surface area contributed by atoms with Crippen molar-refractivity contribution < 1.29 is 23.8 Å². The minimum absolute atomic E-state index is 0.219. The van der Waals surface area contributed by atoms with Gasteiger partial charge in [-0.15, -0.1) is 0 Å². The number of rotatable bonds is 7. The van der Waals surface area contributed by atoms with Crippen molar-refractivity contribution in [2.75, 3.05) is 25.2 Å². The molecule has 174 valence electrons. The van der Waals surface area contributed by atoms with Crippen LogP contribution in [-0.2, 0) is 19.1 Å². The van der Waals surface area contributed by atoms with Crippen molar-refractivity contribution in [2.45, 2.75) is 33.6 Å². The Hall–Kier alpha value is -3.06. The lowest BCUT2D eigenvalue weighted by atomic mass is 9.83.